The largest absolute Gasteiger partial charge is 0.383 e. The fraction of sp³-hybridized carbons (Fsp3) is 0.375. The number of pyridine rings is 1. The molecule has 10 heteroatoms. The van der Waals surface area contributed by atoms with Crippen molar-refractivity contribution in [3.63, 3.8) is 0 Å². The molecule has 2 N–H and O–H groups in total. The van der Waals surface area contributed by atoms with E-state index in [-0.39, 0.29) is 18.1 Å². The van der Waals surface area contributed by atoms with Crippen LogP contribution in [-0.2, 0) is 16.0 Å². The Morgan fingerprint density at radius 1 is 1.21 bits per heavy atom. The number of fused-ring (bicyclic) bond motifs is 1. The number of carbonyl (C=O) groups excluding carboxylic acids is 2. The molecule has 8 nitrogen and oxygen atoms in total. The molecule has 1 aromatic carbocycles. The normalized spacial score (nSPS) is 15.4. The second-order valence-corrected chi connectivity index (χ2v) is 8.68. The lowest BCUT2D eigenvalue weighted by Crippen LogP contribution is -2.55. The van der Waals surface area contributed by atoms with Crippen molar-refractivity contribution in [3.8, 4) is 0 Å². The lowest BCUT2D eigenvalue weighted by Gasteiger charge is -2.36. The molecule has 0 aliphatic carbocycles. The SMILES string of the molecule is COCCN1CCN(C(=O)[C@H](Cc2ccc(F)cc2)NC(=O)c2cc3cc(Cl)ncc3[nH]2)CC1. The molecule has 3 aromatic rings. The number of ether oxygens (including phenoxy) is 1. The predicted molar refractivity (Wildman–Crippen MR) is 127 cm³/mol. The number of amides is 2. The summed E-state index contributed by atoms with van der Waals surface area (Å²) in [6.07, 6.45) is 1.81. The fourth-order valence-electron chi connectivity index (χ4n) is 4.05. The van der Waals surface area contributed by atoms with Gasteiger partial charge in [0.2, 0.25) is 5.91 Å². The Labute approximate surface area is 202 Å². The van der Waals surface area contributed by atoms with Crippen LogP contribution in [0.4, 0.5) is 4.39 Å². The quantitative estimate of drug-likeness (QED) is 0.476. The number of nitrogens with zero attached hydrogens (tertiary/aromatic N) is 3. The molecule has 1 atom stereocenters. The first-order chi connectivity index (χ1) is 16.4. The number of hydrogen-bond acceptors (Lipinski definition) is 5. The van der Waals surface area contributed by atoms with E-state index in [4.69, 9.17) is 16.3 Å². The highest BCUT2D eigenvalue weighted by molar-refractivity contribution is 6.30. The van der Waals surface area contributed by atoms with Gasteiger partial charge in [0.15, 0.2) is 0 Å². The number of aromatic nitrogens is 2. The maximum absolute atomic E-state index is 13.4. The van der Waals surface area contributed by atoms with E-state index in [9.17, 15) is 14.0 Å². The number of rotatable bonds is 8. The molecular weight excluding hydrogens is 461 g/mol. The Morgan fingerprint density at radius 3 is 2.65 bits per heavy atom. The third kappa shape index (κ3) is 5.91. The fourth-order valence-corrected chi connectivity index (χ4v) is 4.22. The molecule has 2 aromatic heterocycles. The van der Waals surface area contributed by atoms with Crippen LogP contribution in [-0.4, -0.2) is 84.1 Å². The van der Waals surface area contributed by atoms with Crippen LogP contribution in [0.1, 0.15) is 16.1 Å². The van der Waals surface area contributed by atoms with Gasteiger partial charge in [-0.1, -0.05) is 23.7 Å². The first-order valence-corrected chi connectivity index (χ1v) is 11.5. The number of benzene rings is 1. The molecule has 0 radical (unpaired) electrons. The molecule has 180 valence electrons. The zero-order valence-electron chi connectivity index (χ0n) is 18.9. The summed E-state index contributed by atoms with van der Waals surface area (Å²) in [5.41, 5.74) is 1.73. The lowest BCUT2D eigenvalue weighted by molar-refractivity contribution is -0.135. The van der Waals surface area contributed by atoms with Crippen molar-refractivity contribution in [1.29, 1.82) is 0 Å². The molecule has 1 fully saturated rings. The van der Waals surface area contributed by atoms with E-state index < -0.39 is 11.9 Å². The average Bonchev–Trinajstić information content (AvgIpc) is 3.27. The molecule has 1 aliphatic rings. The molecule has 0 spiro atoms. The van der Waals surface area contributed by atoms with Crippen molar-refractivity contribution in [1.82, 2.24) is 25.1 Å². The van der Waals surface area contributed by atoms with Gasteiger partial charge in [0.1, 0.15) is 22.7 Å². The maximum atomic E-state index is 13.4. The number of H-pyrrole nitrogens is 1. The van der Waals surface area contributed by atoms with Gasteiger partial charge in [0.25, 0.3) is 5.91 Å². The summed E-state index contributed by atoms with van der Waals surface area (Å²) in [5.74, 6) is -0.926. The summed E-state index contributed by atoms with van der Waals surface area (Å²) >= 11 is 5.95. The van der Waals surface area contributed by atoms with Gasteiger partial charge in [0, 0.05) is 51.6 Å². The predicted octanol–water partition coefficient (Wildman–Crippen LogP) is 2.49. The Kier molecular flexibility index (Phi) is 7.77. The number of halogens is 2. The minimum Gasteiger partial charge on any atom is -0.383 e. The molecule has 0 bridgehead atoms. The smallest absolute Gasteiger partial charge is 0.268 e. The number of piperazine rings is 1. The van der Waals surface area contributed by atoms with E-state index in [0.717, 1.165) is 30.6 Å². The van der Waals surface area contributed by atoms with Gasteiger partial charge in [-0.15, -0.1) is 0 Å². The first kappa shape index (κ1) is 24.1. The number of aromatic amines is 1. The van der Waals surface area contributed by atoms with Crippen molar-refractivity contribution < 1.29 is 18.7 Å². The third-order valence-corrected chi connectivity index (χ3v) is 6.18. The van der Waals surface area contributed by atoms with Crippen LogP contribution in [0, 0.1) is 5.82 Å². The number of carbonyl (C=O) groups is 2. The lowest BCUT2D eigenvalue weighted by atomic mass is 10.0. The van der Waals surface area contributed by atoms with Gasteiger partial charge in [-0.05, 0) is 29.8 Å². The van der Waals surface area contributed by atoms with Crippen LogP contribution in [0.25, 0.3) is 10.9 Å². The molecule has 0 unspecified atom stereocenters. The van der Waals surface area contributed by atoms with Crippen LogP contribution >= 0.6 is 11.6 Å². The van der Waals surface area contributed by atoms with E-state index in [2.05, 4.69) is 20.2 Å². The Hall–Kier alpha value is -3.01. The zero-order chi connectivity index (χ0) is 24.1. The summed E-state index contributed by atoms with van der Waals surface area (Å²) in [4.78, 5) is 37.5. The van der Waals surface area contributed by atoms with Gasteiger partial charge in [-0.25, -0.2) is 9.37 Å². The molecule has 4 rings (SSSR count). The Morgan fingerprint density at radius 2 is 1.94 bits per heavy atom. The second-order valence-electron chi connectivity index (χ2n) is 8.29. The van der Waals surface area contributed by atoms with E-state index in [1.807, 2.05) is 0 Å². The summed E-state index contributed by atoms with van der Waals surface area (Å²) in [6.45, 7) is 4.06. The molecule has 2 amide bonds. The standard InChI is InChI=1S/C24H27ClFN5O3/c1-34-11-10-30-6-8-31(9-7-30)24(33)20(12-16-2-4-18(26)5-3-16)29-23(32)19-13-17-14-22(25)27-15-21(17)28-19/h2-5,13-15,20,28H,6-12H2,1H3,(H,29,32)/t20-/m0/s1. The van der Waals surface area contributed by atoms with Crippen LogP contribution < -0.4 is 5.32 Å². The maximum Gasteiger partial charge on any atom is 0.268 e. The average molecular weight is 488 g/mol. The van der Waals surface area contributed by atoms with Gasteiger partial charge in [0.05, 0.1) is 18.3 Å². The van der Waals surface area contributed by atoms with Crippen molar-refractivity contribution >= 4 is 34.3 Å². The van der Waals surface area contributed by atoms with Gasteiger partial charge < -0.3 is 19.9 Å². The third-order valence-electron chi connectivity index (χ3n) is 5.97. The van der Waals surface area contributed by atoms with Crippen LogP contribution in [0.3, 0.4) is 0 Å². The minimum atomic E-state index is -0.795. The number of hydrogen-bond donors (Lipinski definition) is 2. The Bertz CT molecular complexity index is 1150. The number of methoxy groups -OCH3 is 1. The highest BCUT2D eigenvalue weighted by atomic mass is 35.5. The van der Waals surface area contributed by atoms with E-state index >= 15 is 0 Å². The topological polar surface area (TPSA) is 90.6 Å². The number of nitrogens with one attached hydrogen (secondary N) is 2. The zero-order valence-corrected chi connectivity index (χ0v) is 19.6. The molecule has 34 heavy (non-hydrogen) atoms. The first-order valence-electron chi connectivity index (χ1n) is 11.1. The molecule has 0 saturated carbocycles. The van der Waals surface area contributed by atoms with Gasteiger partial charge in [-0.3, -0.25) is 14.5 Å². The van der Waals surface area contributed by atoms with E-state index in [1.54, 1.807) is 42.5 Å². The highest BCUT2D eigenvalue weighted by Crippen LogP contribution is 2.18. The van der Waals surface area contributed by atoms with Crippen LogP contribution in [0.2, 0.25) is 5.15 Å². The monoisotopic (exact) mass is 487 g/mol. The summed E-state index contributed by atoms with van der Waals surface area (Å²) in [5, 5.41) is 3.95. The van der Waals surface area contributed by atoms with E-state index in [0.29, 0.717) is 36.1 Å². The summed E-state index contributed by atoms with van der Waals surface area (Å²) in [6, 6.07) is 8.49. The van der Waals surface area contributed by atoms with Gasteiger partial charge >= 0.3 is 0 Å². The van der Waals surface area contributed by atoms with Crippen molar-refractivity contribution in [2.75, 3.05) is 46.4 Å². The van der Waals surface area contributed by atoms with E-state index in [1.165, 1.54) is 12.1 Å². The van der Waals surface area contributed by atoms with Crippen molar-refractivity contribution in [3.05, 3.63) is 64.8 Å². The molecular formula is C24H27ClFN5O3. The second kappa shape index (κ2) is 10.9. The summed E-state index contributed by atoms with van der Waals surface area (Å²) in [7, 11) is 1.67. The highest BCUT2D eigenvalue weighted by Gasteiger charge is 2.29. The molecule has 3 heterocycles. The molecule has 1 saturated heterocycles. The Balaban J connectivity index is 1.49. The van der Waals surface area contributed by atoms with Gasteiger partial charge in [-0.2, -0.15) is 0 Å². The van der Waals surface area contributed by atoms with Crippen molar-refractivity contribution in [2.45, 2.75) is 12.5 Å². The van der Waals surface area contributed by atoms with Crippen LogP contribution in [0.5, 0.6) is 0 Å². The molecule has 1 aliphatic heterocycles. The summed E-state index contributed by atoms with van der Waals surface area (Å²) < 4.78 is 18.5. The minimum absolute atomic E-state index is 0.162. The van der Waals surface area contributed by atoms with Crippen molar-refractivity contribution in [2.24, 2.45) is 0 Å². The van der Waals surface area contributed by atoms with Crippen LogP contribution in [0.15, 0.2) is 42.6 Å².